The predicted octanol–water partition coefficient (Wildman–Crippen LogP) is 2.57. The summed E-state index contributed by atoms with van der Waals surface area (Å²) < 4.78 is 0. The van der Waals surface area contributed by atoms with Crippen molar-refractivity contribution in [1.82, 2.24) is 20.1 Å². The van der Waals surface area contributed by atoms with Gasteiger partial charge in [-0.2, -0.15) is 0 Å². The summed E-state index contributed by atoms with van der Waals surface area (Å²) in [6.07, 6.45) is 9.09. The highest BCUT2D eigenvalue weighted by Crippen LogP contribution is 2.14. The highest BCUT2D eigenvalue weighted by atomic mass is 16.2. The van der Waals surface area contributed by atoms with Gasteiger partial charge >= 0.3 is 0 Å². The monoisotopic (exact) mass is 339 g/mol. The molecule has 132 valence electrons. The molecular weight excluding hydrogens is 314 g/mol. The van der Waals surface area contributed by atoms with Crippen LogP contribution in [0, 0.1) is 0 Å². The van der Waals surface area contributed by atoms with Gasteiger partial charge in [0.05, 0.1) is 0 Å². The lowest BCUT2D eigenvalue weighted by Crippen LogP contribution is -2.32. The van der Waals surface area contributed by atoms with Crippen LogP contribution in [0.5, 0.6) is 0 Å². The summed E-state index contributed by atoms with van der Waals surface area (Å²) in [6.45, 7) is 2.49. The van der Waals surface area contributed by atoms with Crippen LogP contribution in [0.3, 0.4) is 0 Å². The quantitative estimate of drug-likeness (QED) is 0.838. The van der Waals surface area contributed by atoms with Crippen molar-refractivity contribution in [3.63, 3.8) is 0 Å². The number of anilines is 1. The Morgan fingerprint density at radius 1 is 1.04 bits per heavy atom. The maximum Gasteiger partial charge on any atom is 0.274 e. The van der Waals surface area contributed by atoms with Crippen LogP contribution in [0.2, 0.25) is 0 Å². The van der Waals surface area contributed by atoms with Crippen molar-refractivity contribution in [3.8, 4) is 0 Å². The van der Waals surface area contributed by atoms with E-state index in [2.05, 4.69) is 15.2 Å². The van der Waals surface area contributed by atoms with E-state index in [9.17, 15) is 4.79 Å². The maximum absolute atomic E-state index is 12.5. The fourth-order valence-corrected chi connectivity index (χ4v) is 3.04. The lowest BCUT2D eigenvalue weighted by Gasteiger charge is -2.20. The molecule has 3 heterocycles. The van der Waals surface area contributed by atoms with Crippen LogP contribution >= 0.6 is 0 Å². The highest BCUT2D eigenvalue weighted by molar-refractivity contribution is 5.92. The predicted molar refractivity (Wildman–Crippen MR) is 97.6 cm³/mol. The molecule has 3 rings (SSSR count). The molecule has 0 unspecified atom stereocenters. The van der Waals surface area contributed by atoms with Gasteiger partial charge < -0.3 is 9.80 Å². The molecule has 25 heavy (non-hydrogen) atoms. The minimum Gasteiger partial charge on any atom is -0.358 e. The van der Waals surface area contributed by atoms with Gasteiger partial charge in [-0.05, 0) is 49.1 Å². The Bertz CT molecular complexity index is 666. The van der Waals surface area contributed by atoms with E-state index in [0.29, 0.717) is 5.69 Å². The summed E-state index contributed by atoms with van der Waals surface area (Å²) in [5.41, 5.74) is 1.68. The average molecular weight is 339 g/mol. The van der Waals surface area contributed by atoms with Crippen molar-refractivity contribution in [2.24, 2.45) is 0 Å². The summed E-state index contributed by atoms with van der Waals surface area (Å²) in [4.78, 5) is 20.5. The first kappa shape index (κ1) is 17.3. The van der Waals surface area contributed by atoms with E-state index in [1.807, 2.05) is 35.0 Å². The summed E-state index contributed by atoms with van der Waals surface area (Å²) in [7, 11) is 1.99. The molecule has 6 heteroatoms. The van der Waals surface area contributed by atoms with Crippen LogP contribution in [0.4, 0.5) is 5.82 Å². The zero-order valence-corrected chi connectivity index (χ0v) is 14.8. The maximum atomic E-state index is 12.5. The largest absolute Gasteiger partial charge is 0.358 e. The molecule has 1 amide bonds. The molecule has 2 aromatic rings. The van der Waals surface area contributed by atoms with Crippen molar-refractivity contribution >= 4 is 11.7 Å². The zero-order chi connectivity index (χ0) is 17.5. The van der Waals surface area contributed by atoms with Gasteiger partial charge in [-0.1, -0.05) is 12.8 Å². The second kappa shape index (κ2) is 8.55. The smallest absolute Gasteiger partial charge is 0.274 e. The summed E-state index contributed by atoms with van der Waals surface area (Å²) >= 11 is 0. The Labute approximate surface area is 148 Å². The van der Waals surface area contributed by atoms with E-state index in [-0.39, 0.29) is 5.91 Å². The van der Waals surface area contributed by atoms with Crippen molar-refractivity contribution in [3.05, 3.63) is 47.9 Å². The summed E-state index contributed by atoms with van der Waals surface area (Å²) in [6, 6.07) is 7.70. The number of hydrogen-bond acceptors (Lipinski definition) is 5. The fourth-order valence-electron chi connectivity index (χ4n) is 3.04. The van der Waals surface area contributed by atoms with Gasteiger partial charge in [0.1, 0.15) is 0 Å². The van der Waals surface area contributed by atoms with Gasteiger partial charge in [-0.15, -0.1) is 10.2 Å². The van der Waals surface area contributed by atoms with E-state index in [4.69, 9.17) is 0 Å². The molecule has 0 aliphatic carbocycles. The summed E-state index contributed by atoms with van der Waals surface area (Å²) in [5.74, 6) is 0.780. The molecule has 6 nitrogen and oxygen atoms in total. The average Bonchev–Trinajstić information content (AvgIpc) is 2.96. The number of hydrogen-bond donors (Lipinski definition) is 0. The molecule has 0 bridgehead atoms. The number of likely N-dealkylation sites (tertiary alicyclic amines) is 1. The number of rotatable bonds is 5. The van der Waals surface area contributed by atoms with Crippen LogP contribution in [0.1, 0.15) is 41.7 Å². The number of aromatic nitrogens is 3. The van der Waals surface area contributed by atoms with Crippen LogP contribution in [0.25, 0.3) is 0 Å². The molecular formula is C19H25N5O. The fraction of sp³-hybridized carbons (Fsp3) is 0.474. The van der Waals surface area contributed by atoms with Crippen molar-refractivity contribution in [2.75, 3.05) is 31.6 Å². The van der Waals surface area contributed by atoms with Crippen LogP contribution in [-0.2, 0) is 6.42 Å². The molecule has 0 saturated carbocycles. The molecule has 0 aromatic carbocycles. The number of likely N-dealkylation sites (N-methyl/N-ethyl adjacent to an activating group) is 1. The molecule has 0 spiro atoms. The lowest BCUT2D eigenvalue weighted by atomic mass is 10.2. The van der Waals surface area contributed by atoms with E-state index >= 15 is 0 Å². The second-order valence-electron chi connectivity index (χ2n) is 6.51. The molecule has 1 aliphatic rings. The van der Waals surface area contributed by atoms with E-state index in [1.165, 1.54) is 18.4 Å². The minimum atomic E-state index is 0.000360. The third-order valence-electron chi connectivity index (χ3n) is 4.64. The Balaban J connectivity index is 1.58. The standard InChI is InChI=1S/C19H25N5O/c1-23(15-10-16-8-11-20-12-9-16)18-7-6-17(21-22-18)19(25)24-13-4-2-3-5-14-24/h6-9,11-12H,2-5,10,13-15H2,1H3. The van der Waals surface area contributed by atoms with Crippen LogP contribution in [-0.4, -0.2) is 52.7 Å². The molecule has 2 aromatic heterocycles. The number of amides is 1. The first-order valence-electron chi connectivity index (χ1n) is 8.97. The molecule has 0 atom stereocenters. The van der Waals surface area contributed by atoms with Gasteiger partial charge in [0.25, 0.3) is 5.91 Å². The van der Waals surface area contributed by atoms with Gasteiger partial charge in [0, 0.05) is 39.1 Å². The molecule has 0 N–H and O–H groups in total. The second-order valence-corrected chi connectivity index (χ2v) is 6.51. The highest BCUT2D eigenvalue weighted by Gasteiger charge is 2.19. The molecule has 0 radical (unpaired) electrons. The normalized spacial score (nSPS) is 14.8. The van der Waals surface area contributed by atoms with Gasteiger partial charge in [-0.25, -0.2) is 0 Å². The van der Waals surface area contributed by atoms with E-state index in [1.54, 1.807) is 18.5 Å². The zero-order valence-electron chi connectivity index (χ0n) is 14.8. The van der Waals surface area contributed by atoms with Crippen molar-refractivity contribution in [1.29, 1.82) is 0 Å². The van der Waals surface area contributed by atoms with E-state index in [0.717, 1.165) is 44.7 Å². The Kier molecular flexibility index (Phi) is 5.93. The molecule has 1 aliphatic heterocycles. The Morgan fingerprint density at radius 3 is 2.40 bits per heavy atom. The SMILES string of the molecule is CN(CCc1ccncc1)c1ccc(C(=O)N2CCCCCC2)nn1. The Morgan fingerprint density at radius 2 is 1.76 bits per heavy atom. The first-order valence-corrected chi connectivity index (χ1v) is 8.97. The lowest BCUT2D eigenvalue weighted by molar-refractivity contribution is 0.0754. The van der Waals surface area contributed by atoms with Crippen molar-refractivity contribution < 1.29 is 4.79 Å². The number of carbonyl (C=O) groups is 1. The third-order valence-corrected chi connectivity index (χ3v) is 4.64. The van der Waals surface area contributed by atoms with Gasteiger partial charge in [0.15, 0.2) is 11.5 Å². The minimum absolute atomic E-state index is 0.000360. The van der Waals surface area contributed by atoms with E-state index < -0.39 is 0 Å². The van der Waals surface area contributed by atoms with Crippen molar-refractivity contribution in [2.45, 2.75) is 32.1 Å². The van der Waals surface area contributed by atoms with Crippen LogP contribution < -0.4 is 4.90 Å². The van der Waals surface area contributed by atoms with Gasteiger partial charge in [-0.3, -0.25) is 9.78 Å². The number of nitrogens with zero attached hydrogens (tertiary/aromatic N) is 5. The van der Waals surface area contributed by atoms with Crippen LogP contribution in [0.15, 0.2) is 36.7 Å². The first-order chi connectivity index (χ1) is 12.2. The summed E-state index contributed by atoms with van der Waals surface area (Å²) in [5, 5.41) is 8.41. The van der Waals surface area contributed by atoms with Gasteiger partial charge in [0.2, 0.25) is 0 Å². The third kappa shape index (κ3) is 4.75. The Hall–Kier alpha value is -2.50. The molecule has 1 fully saturated rings. The number of pyridine rings is 1. The topological polar surface area (TPSA) is 62.2 Å². The molecule has 1 saturated heterocycles. The number of carbonyl (C=O) groups excluding carboxylic acids is 1.